The van der Waals surface area contributed by atoms with Crippen molar-refractivity contribution in [2.75, 3.05) is 38.1 Å². The van der Waals surface area contributed by atoms with Gasteiger partial charge in [0, 0.05) is 69.7 Å². The van der Waals surface area contributed by atoms with E-state index in [2.05, 4.69) is 53.1 Å². The van der Waals surface area contributed by atoms with Gasteiger partial charge >= 0.3 is 0 Å². The number of hydrogen-bond donors (Lipinski definition) is 0. The third kappa shape index (κ3) is 6.29. The van der Waals surface area contributed by atoms with Crippen molar-refractivity contribution >= 4 is 22.6 Å². The first-order valence-corrected chi connectivity index (χ1v) is 15.0. The maximum absolute atomic E-state index is 13.4. The number of hydrogen-bond acceptors (Lipinski definition) is 6. The zero-order chi connectivity index (χ0) is 29.1. The molecular weight excluding hydrogens is 524 g/mol. The summed E-state index contributed by atoms with van der Waals surface area (Å²) in [4.78, 5) is 20.0. The first kappa shape index (κ1) is 27.9. The molecule has 216 valence electrons. The minimum Gasteiger partial charge on any atom is -0.490 e. The second-order valence-corrected chi connectivity index (χ2v) is 11.7. The SMILES string of the molecule is Cc1ccc(N2CCC(Oc3ccc4oc(C(=O)N(C)C5CCN(Cc6cccc(C#N)c6)CC5)cc4c3)CC2)cc1. The van der Waals surface area contributed by atoms with Crippen molar-refractivity contribution in [1.29, 1.82) is 5.26 Å². The molecule has 7 heteroatoms. The van der Waals surface area contributed by atoms with Crippen molar-refractivity contribution in [1.82, 2.24) is 9.80 Å². The highest BCUT2D eigenvalue weighted by molar-refractivity contribution is 5.96. The quantitative estimate of drug-likeness (QED) is 0.260. The Morgan fingerprint density at radius 3 is 2.48 bits per heavy atom. The fraction of sp³-hybridized carbons (Fsp3) is 0.371. The van der Waals surface area contributed by atoms with Gasteiger partial charge in [-0.25, -0.2) is 0 Å². The van der Waals surface area contributed by atoms with Crippen LogP contribution in [0.4, 0.5) is 5.69 Å². The molecule has 4 aromatic rings. The molecule has 0 radical (unpaired) electrons. The number of carbonyl (C=O) groups is 1. The number of benzene rings is 3. The van der Waals surface area contributed by atoms with Crippen LogP contribution < -0.4 is 9.64 Å². The topological polar surface area (TPSA) is 73.0 Å². The summed E-state index contributed by atoms with van der Waals surface area (Å²) in [6.07, 6.45) is 3.92. The second-order valence-electron chi connectivity index (χ2n) is 11.7. The van der Waals surface area contributed by atoms with Gasteiger partial charge in [-0.15, -0.1) is 0 Å². The third-order valence-electron chi connectivity index (χ3n) is 8.73. The Bertz CT molecular complexity index is 1570. The van der Waals surface area contributed by atoms with E-state index in [1.165, 1.54) is 11.3 Å². The summed E-state index contributed by atoms with van der Waals surface area (Å²) in [5, 5.41) is 10.1. The highest BCUT2D eigenvalue weighted by Gasteiger charge is 2.28. The minimum atomic E-state index is -0.0858. The van der Waals surface area contributed by atoms with Crippen LogP contribution >= 0.6 is 0 Å². The van der Waals surface area contributed by atoms with Crippen LogP contribution in [0.2, 0.25) is 0 Å². The van der Waals surface area contributed by atoms with E-state index in [0.29, 0.717) is 16.9 Å². The molecule has 2 aliphatic heterocycles. The molecule has 2 fully saturated rings. The number of carbonyl (C=O) groups excluding carboxylic acids is 1. The predicted octanol–water partition coefficient (Wildman–Crippen LogP) is 6.40. The van der Waals surface area contributed by atoms with Crippen LogP contribution in [0.5, 0.6) is 5.75 Å². The molecule has 2 saturated heterocycles. The van der Waals surface area contributed by atoms with E-state index in [4.69, 9.17) is 14.4 Å². The highest BCUT2D eigenvalue weighted by Crippen LogP contribution is 2.29. The van der Waals surface area contributed by atoms with Crippen LogP contribution in [0.25, 0.3) is 11.0 Å². The Labute approximate surface area is 247 Å². The predicted molar refractivity (Wildman–Crippen MR) is 165 cm³/mol. The normalized spacial score (nSPS) is 16.8. The molecule has 2 aliphatic rings. The van der Waals surface area contributed by atoms with Crippen LogP contribution in [0, 0.1) is 18.3 Å². The number of anilines is 1. The molecule has 7 nitrogen and oxygen atoms in total. The molecule has 1 aromatic heterocycles. The Morgan fingerprint density at radius 2 is 1.74 bits per heavy atom. The van der Waals surface area contributed by atoms with E-state index >= 15 is 0 Å². The van der Waals surface area contributed by atoms with Crippen molar-refractivity contribution < 1.29 is 13.9 Å². The van der Waals surface area contributed by atoms with Gasteiger partial charge in [0.05, 0.1) is 11.6 Å². The number of ether oxygens (including phenoxy) is 1. The van der Waals surface area contributed by atoms with E-state index in [1.54, 1.807) is 0 Å². The van der Waals surface area contributed by atoms with Crippen LogP contribution in [-0.4, -0.2) is 61.1 Å². The molecule has 1 amide bonds. The summed E-state index contributed by atoms with van der Waals surface area (Å²) in [5.41, 5.74) is 5.09. The Hall–Kier alpha value is -4.28. The van der Waals surface area contributed by atoms with Gasteiger partial charge < -0.3 is 19.0 Å². The summed E-state index contributed by atoms with van der Waals surface area (Å²) >= 11 is 0. The number of likely N-dealkylation sites (tertiary alicyclic amines) is 1. The molecule has 0 aliphatic carbocycles. The Morgan fingerprint density at radius 1 is 0.976 bits per heavy atom. The summed E-state index contributed by atoms with van der Waals surface area (Å²) in [6, 6.07) is 26.6. The van der Waals surface area contributed by atoms with Crippen LogP contribution in [0.3, 0.4) is 0 Å². The van der Waals surface area contributed by atoms with Gasteiger partial charge in [0.2, 0.25) is 0 Å². The van der Waals surface area contributed by atoms with Gasteiger partial charge in [0.15, 0.2) is 5.76 Å². The van der Waals surface area contributed by atoms with Gasteiger partial charge in [-0.2, -0.15) is 5.26 Å². The zero-order valence-electron chi connectivity index (χ0n) is 24.5. The fourth-order valence-corrected chi connectivity index (χ4v) is 6.18. The second kappa shape index (κ2) is 12.3. The monoisotopic (exact) mass is 562 g/mol. The van der Waals surface area contributed by atoms with E-state index in [9.17, 15) is 4.79 Å². The molecule has 3 aromatic carbocycles. The highest BCUT2D eigenvalue weighted by atomic mass is 16.5. The van der Waals surface area contributed by atoms with Crippen LogP contribution in [-0.2, 0) is 6.54 Å². The van der Waals surface area contributed by atoms with Gasteiger partial charge in [0.25, 0.3) is 5.91 Å². The molecule has 0 saturated carbocycles. The largest absolute Gasteiger partial charge is 0.490 e. The molecule has 3 heterocycles. The number of piperidine rings is 2. The first-order valence-electron chi connectivity index (χ1n) is 15.0. The lowest BCUT2D eigenvalue weighted by Crippen LogP contribution is -2.45. The Kier molecular flexibility index (Phi) is 8.16. The number of aryl methyl sites for hydroxylation is 1. The number of amides is 1. The van der Waals surface area contributed by atoms with E-state index < -0.39 is 0 Å². The molecule has 0 N–H and O–H groups in total. The van der Waals surface area contributed by atoms with E-state index in [0.717, 1.165) is 75.1 Å². The number of nitrogens with zero attached hydrogens (tertiary/aromatic N) is 4. The summed E-state index contributed by atoms with van der Waals surface area (Å²) in [7, 11) is 1.88. The van der Waals surface area contributed by atoms with E-state index in [-0.39, 0.29) is 18.1 Å². The number of rotatable bonds is 7. The zero-order valence-corrected chi connectivity index (χ0v) is 24.5. The average Bonchev–Trinajstić information content (AvgIpc) is 3.45. The van der Waals surface area contributed by atoms with Crippen molar-refractivity contribution in [3.63, 3.8) is 0 Å². The minimum absolute atomic E-state index is 0.0858. The molecule has 0 atom stereocenters. The molecule has 0 bridgehead atoms. The van der Waals surface area contributed by atoms with Crippen molar-refractivity contribution in [2.24, 2.45) is 0 Å². The lowest BCUT2D eigenvalue weighted by atomic mass is 10.0. The van der Waals surface area contributed by atoms with Gasteiger partial charge in [-0.05, 0) is 73.9 Å². The standard InChI is InChI=1S/C35H38N4O3/c1-25-6-8-30(9-7-25)39-18-14-31(15-19-39)41-32-10-11-33-28(21-32)22-34(42-33)35(40)37(2)29-12-16-38(17-13-29)24-27-5-3-4-26(20-27)23-36/h3-11,20-22,29,31H,12-19,24H2,1-2H3. The first-order chi connectivity index (χ1) is 20.4. The van der Waals surface area contributed by atoms with Crippen molar-refractivity contribution in [2.45, 2.75) is 51.3 Å². The summed E-state index contributed by atoms with van der Waals surface area (Å²) in [5.74, 6) is 1.10. The van der Waals surface area contributed by atoms with Gasteiger partial charge in [0.1, 0.15) is 17.4 Å². The maximum Gasteiger partial charge on any atom is 0.289 e. The number of nitriles is 1. The molecule has 6 rings (SSSR count). The van der Waals surface area contributed by atoms with Gasteiger partial charge in [-0.1, -0.05) is 29.8 Å². The summed E-state index contributed by atoms with van der Waals surface area (Å²) < 4.78 is 12.4. The van der Waals surface area contributed by atoms with Crippen molar-refractivity contribution in [3.8, 4) is 11.8 Å². The molecule has 0 unspecified atom stereocenters. The van der Waals surface area contributed by atoms with Gasteiger partial charge in [-0.3, -0.25) is 9.69 Å². The van der Waals surface area contributed by atoms with Crippen molar-refractivity contribution in [3.05, 3.63) is 95.2 Å². The molecule has 0 spiro atoms. The molecule has 42 heavy (non-hydrogen) atoms. The lowest BCUT2D eigenvalue weighted by Gasteiger charge is -2.36. The van der Waals surface area contributed by atoms with Crippen LogP contribution in [0.1, 0.15) is 52.9 Å². The lowest BCUT2D eigenvalue weighted by molar-refractivity contribution is 0.0608. The Balaban J connectivity index is 1.02. The fourth-order valence-electron chi connectivity index (χ4n) is 6.18. The maximum atomic E-state index is 13.4. The van der Waals surface area contributed by atoms with E-state index in [1.807, 2.05) is 54.4 Å². The van der Waals surface area contributed by atoms with Crippen LogP contribution in [0.15, 0.2) is 77.2 Å². The number of furan rings is 1. The number of fused-ring (bicyclic) bond motifs is 1. The smallest absolute Gasteiger partial charge is 0.289 e. The summed E-state index contributed by atoms with van der Waals surface area (Å²) in [6.45, 7) is 6.69. The molecular formula is C35H38N4O3. The third-order valence-corrected chi connectivity index (χ3v) is 8.73. The average molecular weight is 563 g/mol.